The molecule has 2 N–H and O–H groups in total. The van der Waals surface area contributed by atoms with E-state index in [0.29, 0.717) is 18.4 Å². The predicted molar refractivity (Wildman–Crippen MR) is 95.5 cm³/mol. The first-order valence-electron chi connectivity index (χ1n) is 8.04. The molecule has 0 saturated heterocycles. The van der Waals surface area contributed by atoms with Gasteiger partial charge in [-0.15, -0.1) is 0 Å². The quantitative estimate of drug-likeness (QED) is 0.809. The van der Waals surface area contributed by atoms with Crippen molar-refractivity contribution in [2.75, 3.05) is 11.0 Å². The van der Waals surface area contributed by atoms with Crippen molar-refractivity contribution in [2.45, 2.75) is 25.0 Å². The summed E-state index contributed by atoms with van der Waals surface area (Å²) in [6.45, 7) is 0.147. The number of hydrogen-bond acceptors (Lipinski definition) is 4. The summed E-state index contributed by atoms with van der Waals surface area (Å²) in [6, 6.07) is 13.5. The highest BCUT2D eigenvalue weighted by Crippen LogP contribution is 2.46. The minimum absolute atomic E-state index is 0.126. The smallest absolute Gasteiger partial charge is 0.408 e. The Labute approximate surface area is 151 Å². The van der Waals surface area contributed by atoms with Crippen molar-refractivity contribution >= 4 is 21.8 Å². The van der Waals surface area contributed by atoms with Gasteiger partial charge in [-0.2, -0.15) is 0 Å². The molecule has 0 spiro atoms. The Morgan fingerprint density at radius 1 is 1.19 bits per heavy atom. The van der Waals surface area contributed by atoms with Crippen molar-refractivity contribution in [1.82, 2.24) is 5.32 Å². The van der Waals surface area contributed by atoms with Crippen LogP contribution in [0.4, 0.5) is 14.9 Å². The Kier molecular flexibility index (Phi) is 4.86. The van der Waals surface area contributed by atoms with E-state index in [2.05, 4.69) is 10.0 Å². The Hall–Kier alpha value is -2.61. The van der Waals surface area contributed by atoms with Crippen LogP contribution >= 0.6 is 0 Å². The van der Waals surface area contributed by atoms with Gasteiger partial charge in [0.25, 0.3) is 0 Å². The SMILES string of the molecule is CS(=O)(=O)Nc1ccc(C2(NC(=O)OCc3ccccc3)CC2)cc1F. The minimum atomic E-state index is -3.56. The third-order valence-electron chi connectivity index (χ3n) is 4.12. The molecular weight excluding hydrogens is 359 g/mol. The van der Waals surface area contributed by atoms with Crippen molar-refractivity contribution in [3.8, 4) is 0 Å². The maximum absolute atomic E-state index is 14.2. The van der Waals surface area contributed by atoms with Crippen molar-refractivity contribution in [2.24, 2.45) is 0 Å². The van der Waals surface area contributed by atoms with E-state index in [1.807, 2.05) is 30.3 Å². The number of anilines is 1. The van der Waals surface area contributed by atoms with Crippen molar-refractivity contribution in [1.29, 1.82) is 0 Å². The monoisotopic (exact) mass is 378 g/mol. The molecule has 138 valence electrons. The highest BCUT2D eigenvalue weighted by Gasteiger charge is 2.46. The molecule has 6 nitrogen and oxygen atoms in total. The Morgan fingerprint density at radius 3 is 2.46 bits per heavy atom. The van der Waals surface area contributed by atoms with Gasteiger partial charge in [0.1, 0.15) is 12.4 Å². The average Bonchev–Trinajstić information content (AvgIpc) is 3.35. The van der Waals surface area contributed by atoms with E-state index in [1.54, 1.807) is 6.07 Å². The molecular formula is C18H19FN2O4S. The molecule has 0 bridgehead atoms. The maximum atomic E-state index is 14.2. The summed E-state index contributed by atoms with van der Waals surface area (Å²) in [5, 5.41) is 2.78. The van der Waals surface area contributed by atoms with Gasteiger partial charge in [-0.05, 0) is 36.1 Å². The van der Waals surface area contributed by atoms with Gasteiger partial charge in [-0.3, -0.25) is 4.72 Å². The lowest BCUT2D eigenvalue weighted by atomic mass is 10.0. The highest BCUT2D eigenvalue weighted by atomic mass is 32.2. The zero-order valence-electron chi connectivity index (χ0n) is 14.2. The molecule has 0 aromatic heterocycles. The van der Waals surface area contributed by atoms with E-state index in [-0.39, 0.29) is 12.3 Å². The lowest BCUT2D eigenvalue weighted by Crippen LogP contribution is -2.35. The van der Waals surface area contributed by atoms with Crippen LogP contribution in [0.1, 0.15) is 24.0 Å². The number of nitrogens with one attached hydrogen (secondary N) is 2. The Bertz CT molecular complexity index is 912. The first-order valence-corrected chi connectivity index (χ1v) is 9.93. The number of hydrogen-bond donors (Lipinski definition) is 2. The fourth-order valence-electron chi connectivity index (χ4n) is 2.66. The van der Waals surface area contributed by atoms with Crippen LogP contribution in [0, 0.1) is 5.82 Å². The zero-order valence-corrected chi connectivity index (χ0v) is 15.0. The number of benzene rings is 2. The van der Waals surface area contributed by atoms with Crippen LogP contribution in [-0.4, -0.2) is 20.8 Å². The molecule has 0 heterocycles. The first kappa shape index (κ1) is 18.2. The number of rotatable bonds is 6. The van der Waals surface area contributed by atoms with Crippen LogP contribution in [0.3, 0.4) is 0 Å². The summed E-state index contributed by atoms with van der Waals surface area (Å²) >= 11 is 0. The molecule has 0 radical (unpaired) electrons. The molecule has 1 saturated carbocycles. The largest absolute Gasteiger partial charge is 0.445 e. The van der Waals surface area contributed by atoms with Gasteiger partial charge < -0.3 is 10.1 Å². The van der Waals surface area contributed by atoms with Crippen molar-refractivity contribution in [3.63, 3.8) is 0 Å². The molecule has 1 amide bonds. The summed E-state index contributed by atoms with van der Waals surface area (Å²) in [5.41, 5.74) is 0.650. The van der Waals surface area contributed by atoms with E-state index >= 15 is 0 Å². The number of carbonyl (C=O) groups is 1. The van der Waals surface area contributed by atoms with Crippen molar-refractivity contribution in [3.05, 3.63) is 65.5 Å². The van der Waals surface area contributed by atoms with Gasteiger partial charge in [0.05, 0.1) is 17.5 Å². The molecule has 26 heavy (non-hydrogen) atoms. The highest BCUT2D eigenvalue weighted by molar-refractivity contribution is 7.92. The second kappa shape index (κ2) is 6.95. The molecule has 0 unspecified atom stereocenters. The average molecular weight is 378 g/mol. The van der Waals surface area contributed by atoms with Crippen LogP contribution in [0.2, 0.25) is 0 Å². The molecule has 3 rings (SSSR count). The predicted octanol–water partition coefficient (Wildman–Crippen LogP) is 3.11. The molecule has 1 fully saturated rings. The summed E-state index contributed by atoms with van der Waals surface area (Å²) in [4.78, 5) is 12.1. The van der Waals surface area contributed by atoms with Gasteiger partial charge in [0.2, 0.25) is 10.0 Å². The fraction of sp³-hybridized carbons (Fsp3) is 0.278. The molecule has 1 aliphatic carbocycles. The fourth-order valence-corrected chi connectivity index (χ4v) is 3.23. The molecule has 0 atom stereocenters. The molecule has 0 aliphatic heterocycles. The standard InChI is InChI=1S/C18H19FN2O4S/c1-26(23,24)21-16-8-7-14(11-15(16)19)18(9-10-18)20-17(22)25-12-13-5-3-2-4-6-13/h2-8,11,21H,9-10,12H2,1H3,(H,20,22). The van der Waals surface area contributed by atoms with Gasteiger partial charge in [-0.1, -0.05) is 36.4 Å². The maximum Gasteiger partial charge on any atom is 0.408 e. The van der Waals surface area contributed by atoms with Crippen molar-refractivity contribution < 1.29 is 22.3 Å². The second-order valence-electron chi connectivity index (χ2n) is 6.34. The third-order valence-corrected chi connectivity index (χ3v) is 4.71. The van der Waals surface area contributed by atoms with Crippen LogP contribution in [-0.2, 0) is 26.9 Å². The van der Waals surface area contributed by atoms with Gasteiger partial charge in [0, 0.05) is 0 Å². The first-order chi connectivity index (χ1) is 12.3. The zero-order chi connectivity index (χ0) is 18.8. The van der Waals surface area contributed by atoms with Crippen LogP contribution in [0.15, 0.2) is 48.5 Å². The molecule has 1 aliphatic rings. The Balaban J connectivity index is 1.65. The third kappa shape index (κ3) is 4.51. The Morgan fingerprint density at radius 2 is 1.88 bits per heavy atom. The summed E-state index contributed by atoms with van der Waals surface area (Å²) < 4.78 is 44.0. The lowest BCUT2D eigenvalue weighted by Gasteiger charge is -2.19. The summed E-state index contributed by atoms with van der Waals surface area (Å²) in [7, 11) is -3.56. The second-order valence-corrected chi connectivity index (χ2v) is 8.09. The van der Waals surface area contributed by atoms with E-state index in [4.69, 9.17) is 4.74 Å². The number of ether oxygens (including phenoxy) is 1. The van der Waals surface area contributed by atoms with E-state index < -0.39 is 27.5 Å². The summed E-state index contributed by atoms with van der Waals surface area (Å²) in [6.07, 6.45) is 1.69. The topological polar surface area (TPSA) is 84.5 Å². The number of halogens is 1. The van der Waals surface area contributed by atoms with E-state index in [1.165, 1.54) is 12.1 Å². The molecule has 2 aromatic carbocycles. The minimum Gasteiger partial charge on any atom is -0.445 e. The van der Waals surface area contributed by atoms with Crippen LogP contribution in [0.25, 0.3) is 0 Å². The number of alkyl carbamates (subject to hydrolysis) is 1. The van der Waals surface area contributed by atoms with E-state index in [0.717, 1.165) is 11.8 Å². The van der Waals surface area contributed by atoms with Crippen LogP contribution < -0.4 is 10.0 Å². The molecule has 8 heteroatoms. The van der Waals surface area contributed by atoms with Crippen LogP contribution in [0.5, 0.6) is 0 Å². The van der Waals surface area contributed by atoms with Gasteiger partial charge in [-0.25, -0.2) is 17.6 Å². The number of amides is 1. The molecule has 2 aromatic rings. The lowest BCUT2D eigenvalue weighted by molar-refractivity contribution is 0.134. The normalized spacial score (nSPS) is 15.2. The van der Waals surface area contributed by atoms with Gasteiger partial charge >= 0.3 is 6.09 Å². The van der Waals surface area contributed by atoms with E-state index in [9.17, 15) is 17.6 Å². The number of carbonyl (C=O) groups excluding carboxylic acids is 1. The number of sulfonamides is 1. The van der Waals surface area contributed by atoms with Gasteiger partial charge in [0.15, 0.2) is 0 Å². The summed E-state index contributed by atoms with van der Waals surface area (Å²) in [5.74, 6) is -0.696.